The number of hydrogen-bond donors (Lipinski definition) is 1. The van der Waals surface area contributed by atoms with E-state index in [4.69, 9.17) is 9.47 Å². The summed E-state index contributed by atoms with van der Waals surface area (Å²) in [7, 11) is 0. The van der Waals surface area contributed by atoms with Crippen LogP contribution in [-0.2, 0) is 9.53 Å². The molecule has 0 saturated carbocycles. The van der Waals surface area contributed by atoms with Gasteiger partial charge in [0.2, 0.25) is 0 Å². The second kappa shape index (κ2) is 5.75. The van der Waals surface area contributed by atoms with Crippen LogP contribution >= 0.6 is 11.8 Å². The first-order valence-electron chi connectivity index (χ1n) is 6.69. The van der Waals surface area contributed by atoms with Crippen LogP contribution in [0, 0.1) is 0 Å². The Morgan fingerprint density at radius 2 is 2.45 bits per heavy atom. The number of hydrogen-bond acceptors (Lipinski definition) is 5. The highest BCUT2D eigenvalue weighted by atomic mass is 32.2. The molecule has 1 atom stereocenters. The van der Waals surface area contributed by atoms with E-state index >= 15 is 0 Å². The monoisotopic (exact) mass is 292 g/mol. The molecule has 3 rings (SSSR count). The Labute approximate surface area is 121 Å². The Bertz CT molecular complexity index is 626. The van der Waals surface area contributed by atoms with Gasteiger partial charge in [0.05, 0.1) is 17.6 Å². The molecule has 0 radical (unpaired) electrons. The highest BCUT2D eigenvalue weighted by Crippen LogP contribution is 2.26. The third-order valence-electron chi connectivity index (χ3n) is 3.12. The summed E-state index contributed by atoms with van der Waals surface area (Å²) in [5, 5.41) is 0.844. The SMILES string of the molecule is CCOc1ccc2nc(SCC3CCC(=O)O3)[nH]c2c1. The Morgan fingerprint density at radius 3 is 3.20 bits per heavy atom. The fraction of sp³-hybridized carbons (Fsp3) is 0.429. The predicted molar refractivity (Wildman–Crippen MR) is 77.1 cm³/mol. The maximum atomic E-state index is 11.0. The number of aromatic nitrogens is 2. The summed E-state index contributed by atoms with van der Waals surface area (Å²) in [6.45, 7) is 2.61. The first kappa shape index (κ1) is 13.3. The molecular formula is C14H16N2O3S. The smallest absolute Gasteiger partial charge is 0.306 e. The summed E-state index contributed by atoms with van der Waals surface area (Å²) in [6.07, 6.45) is 1.35. The summed E-state index contributed by atoms with van der Waals surface area (Å²) in [5.74, 6) is 1.48. The molecule has 1 aliphatic rings. The highest BCUT2D eigenvalue weighted by molar-refractivity contribution is 7.99. The number of benzene rings is 1. The van der Waals surface area contributed by atoms with Crippen LogP contribution in [0.4, 0.5) is 0 Å². The van der Waals surface area contributed by atoms with Gasteiger partial charge in [-0.1, -0.05) is 11.8 Å². The number of rotatable bonds is 5. The summed E-state index contributed by atoms with van der Waals surface area (Å²) in [6, 6.07) is 5.81. The van der Waals surface area contributed by atoms with Gasteiger partial charge in [-0.05, 0) is 25.5 Å². The van der Waals surface area contributed by atoms with Crippen molar-refractivity contribution in [2.24, 2.45) is 0 Å². The van der Waals surface area contributed by atoms with Crippen LogP contribution in [0.1, 0.15) is 19.8 Å². The number of ether oxygens (including phenoxy) is 2. The molecule has 1 unspecified atom stereocenters. The largest absolute Gasteiger partial charge is 0.494 e. The van der Waals surface area contributed by atoms with E-state index in [2.05, 4.69) is 9.97 Å². The Kier molecular flexibility index (Phi) is 3.82. The van der Waals surface area contributed by atoms with Crippen molar-refractivity contribution in [2.75, 3.05) is 12.4 Å². The molecule has 0 spiro atoms. The van der Waals surface area contributed by atoms with Crippen LogP contribution in [0.3, 0.4) is 0 Å². The molecule has 0 aliphatic carbocycles. The molecule has 1 fully saturated rings. The van der Waals surface area contributed by atoms with E-state index < -0.39 is 0 Å². The predicted octanol–water partition coefficient (Wildman–Crippen LogP) is 2.76. The van der Waals surface area contributed by atoms with Gasteiger partial charge in [0, 0.05) is 18.2 Å². The van der Waals surface area contributed by atoms with E-state index in [0.29, 0.717) is 13.0 Å². The number of carbonyl (C=O) groups excluding carboxylic acids is 1. The fourth-order valence-corrected chi connectivity index (χ4v) is 3.09. The molecule has 2 heterocycles. The van der Waals surface area contributed by atoms with Gasteiger partial charge in [0.15, 0.2) is 5.16 Å². The maximum absolute atomic E-state index is 11.0. The molecular weight excluding hydrogens is 276 g/mol. The van der Waals surface area contributed by atoms with Crippen molar-refractivity contribution in [1.29, 1.82) is 0 Å². The molecule has 1 saturated heterocycles. The van der Waals surface area contributed by atoms with E-state index in [1.54, 1.807) is 11.8 Å². The van der Waals surface area contributed by atoms with E-state index in [-0.39, 0.29) is 12.1 Å². The minimum absolute atomic E-state index is 0.0136. The number of aromatic amines is 1. The zero-order valence-electron chi connectivity index (χ0n) is 11.2. The Balaban J connectivity index is 1.67. The number of thioether (sulfide) groups is 1. The van der Waals surface area contributed by atoms with Gasteiger partial charge in [0.25, 0.3) is 0 Å². The molecule has 1 aromatic carbocycles. The lowest BCUT2D eigenvalue weighted by Crippen LogP contribution is -2.09. The van der Waals surface area contributed by atoms with E-state index in [1.165, 1.54) is 0 Å². The van der Waals surface area contributed by atoms with Crippen molar-refractivity contribution >= 4 is 28.8 Å². The van der Waals surface area contributed by atoms with Crippen molar-refractivity contribution in [2.45, 2.75) is 31.0 Å². The van der Waals surface area contributed by atoms with Gasteiger partial charge in [-0.2, -0.15) is 0 Å². The molecule has 6 heteroatoms. The van der Waals surface area contributed by atoms with Gasteiger partial charge < -0.3 is 14.5 Å². The zero-order chi connectivity index (χ0) is 13.9. The molecule has 1 aliphatic heterocycles. The maximum Gasteiger partial charge on any atom is 0.306 e. The number of H-pyrrole nitrogens is 1. The quantitative estimate of drug-likeness (QED) is 0.678. The van der Waals surface area contributed by atoms with Crippen LogP contribution in [0.5, 0.6) is 5.75 Å². The van der Waals surface area contributed by atoms with E-state index in [9.17, 15) is 4.79 Å². The van der Waals surface area contributed by atoms with E-state index in [1.807, 2.05) is 25.1 Å². The van der Waals surface area contributed by atoms with Crippen LogP contribution in [0.25, 0.3) is 11.0 Å². The lowest BCUT2D eigenvalue weighted by molar-refractivity contribution is -0.140. The Morgan fingerprint density at radius 1 is 1.55 bits per heavy atom. The lowest BCUT2D eigenvalue weighted by Gasteiger charge is -2.06. The standard InChI is InChI=1S/C14H16N2O3S/c1-2-18-9-3-5-11-12(7-9)16-14(15-11)20-8-10-4-6-13(17)19-10/h3,5,7,10H,2,4,6,8H2,1H3,(H,15,16). The lowest BCUT2D eigenvalue weighted by atomic mass is 10.3. The molecule has 5 nitrogen and oxygen atoms in total. The first-order chi connectivity index (χ1) is 9.74. The molecule has 106 valence electrons. The second-order valence-corrected chi connectivity index (χ2v) is 5.62. The minimum Gasteiger partial charge on any atom is -0.494 e. The number of imidazole rings is 1. The van der Waals surface area contributed by atoms with E-state index in [0.717, 1.165) is 34.1 Å². The van der Waals surface area contributed by atoms with Crippen LogP contribution in [0.2, 0.25) is 0 Å². The minimum atomic E-state index is -0.0958. The average Bonchev–Trinajstić information content (AvgIpc) is 3.02. The van der Waals surface area contributed by atoms with Crippen molar-refractivity contribution in [3.8, 4) is 5.75 Å². The van der Waals surface area contributed by atoms with Gasteiger partial charge in [-0.3, -0.25) is 4.79 Å². The number of esters is 1. The third-order valence-corrected chi connectivity index (χ3v) is 4.12. The molecule has 20 heavy (non-hydrogen) atoms. The van der Waals surface area contributed by atoms with Gasteiger partial charge in [0.1, 0.15) is 11.9 Å². The van der Waals surface area contributed by atoms with Crippen LogP contribution in [-0.4, -0.2) is 34.4 Å². The van der Waals surface area contributed by atoms with Crippen molar-refractivity contribution in [3.63, 3.8) is 0 Å². The topological polar surface area (TPSA) is 64.2 Å². The number of cyclic esters (lactones) is 1. The molecule has 0 bridgehead atoms. The number of nitrogens with one attached hydrogen (secondary N) is 1. The second-order valence-electron chi connectivity index (χ2n) is 4.62. The normalized spacial score (nSPS) is 18.4. The number of carbonyl (C=O) groups is 1. The van der Waals surface area contributed by atoms with Crippen LogP contribution < -0.4 is 4.74 Å². The third kappa shape index (κ3) is 2.90. The summed E-state index contributed by atoms with van der Waals surface area (Å²) >= 11 is 1.58. The first-order valence-corrected chi connectivity index (χ1v) is 7.68. The zero-order valence-corrected chi connectivity index (χ0v) is 12.0. The highest BCUT2D eigenvalue weighted by Gasteiger charge is 2.23. The Hall–Kier alpha value is -1.69. The number of fused-ring (bicyclic) bond motifs is 1. The molecule has 1 N–H and O–H groups in total. The number of nitrogens with zero attached hydrogens (tertiary/aromatic N) is 1. The van der Waals surface area contributed by atoms with Gasteiger partial charge >= 0.3 is 5.97 Å². The van der Waals surface area contributed by atoms with Crippen LogP contribution in [0.15, 0.2) is 23.4 Å². The summed E-state index contributed by atoms with van der Waals surface area (Å²) < 4.78 is 10.7. The van der Waals surface area contributed by atoms with Crippen molar-refractivity contribution in [1.82, 2.24) is 9.97 Å². The fourth-order valence-electron chi connectivity index (χ4n) is 2.16. The molecule has 2 aromatic rings. The molecule has 1 aromatic heterocycles. The van der Waals surface area contributed by atoms with Gasteiger partial charge in [-0.25, -0.2) is 4.98 Å². The summed E-state index contributed by atoms with van der Waals surface area (Å²) in [5.41, 5.74) is 1.88. The van der Waals surface area contributed by atoms with Gasteiger partial charge in [-0.15, -0.1) is 0 Å². The summed E-state index contributed by atoms with van der Waals surface area (Å²) in [4.78, 5) is 18.8. The van der Waals surface area contributed by atoms with Crippen molar-refractivity contribution < 1.29 is 14.3 Å². The average molecular weight is 292 g/mol. The molecule has 0 amide bonds. The van der Waals surface area contributed by atoms with Crippen molar-refractivity contribution in [3.05, 3.63) is 18.2 Å².